The van der Waals surface area contributed by atoms with Crippen molar-refractivity contribution in [3.63, 3.8) is 0 Å². The molecule has 0 radical (unpaired) electrons. The molecule has 3 aliphatic heterocycles. The number of amides is 2. The van der Waals surface area contributed by atoms with Crippen LogP contribution in [0.1, 0.15) is 188 Å². The van der Waals surface area contributed by atoms with Gasteiger partial charge < -0.3 is 76.1 Å². The molecule has 33 nitrogen and oxygen atoms in total. The summed E-state index contributed by atoms with van der Waals surface area (Å²) in [6.07, 6.45) is 9.63. The van der Waals surface area contributed by atoms with Gasteiger partial charge in [0.15, 0.2) is 34.1 Å². The smallest absolute Gasteiger partial charge is 0.410 e. The first kappa shape index (κ1) is 110. The third kappa shape index (κ3) is 27.7. The first-order valence-corrected chi connectivity index (χ1v) is 53.9. The number of halogens is 5. The van der Waals surface area contributed by atoms with Crippen LogP contribution >= 0.6 is 58.8 Å². The van der Waals surface area contributed by atoms with Crippen LogP contribution in [0.25, 0.3) is 67.9 Å². The molecule has 756 valence electrons. The molecule has 0 spiro atoms. The molecule has 0 saturated heterocycles. The molecule has 40 heteroatoms. The number of nitrogens with one attached hydrogen (secondary N) is 1. The van der Waals surface area contributed by atoms with E-state index < -0.39 is 58.3 Å². The highest BCUT2D eigenvalue weighted by molar-refractivity contribution is 6.74. The quantitative estimate of drug-likeness (QED) is 0.0357. The Morgan fingerprint density at radius 3 is 1.16 bits per heavy atom. The van der Waals surface area contributed by atoms with E-state index in [0.717, 1.165) is 104 Å². The van der Waals surface area contributed by atoms with E-state index in [1.807, 2.05) is 148 Å². The molecule has 12 aromatic rings. The Balaban J connectivity index is 0.000000194. The van der Waals surface area contributed by atoms with Crippen molar-refractivity contribution in [3.8, 4) is 85.2 Å². The van der Waals surface area contributed by atoms with Gasteiger partial charge in [0.05, 0.1) is 127 Å². The summed E-state index contributed by atoms with van der Waals surface area (Å²) in [5.74, 6) is 6.44. The average Bonchev–Trinajstić information content (AvgIpc) is 1.53. The lowest BCUT2D eigenvalue weighted by atomic mass is 10.0. The van der Waals surface area contributed by atoms with Crippen LogP contribution in [0.2, 0.25) is 56.5 Å². The highest BCUT2D eigenvalue weighted by Crippen LogP contribution is 2.45. The number of anilines is 2. The molecular formula is C101H131Cl5N20O13Si2. The highest BCUT2D eigenvalue weighted by Gasteiger charge is 2.43. The molecule has 3 aromatic carbocycles. The second-order valence-corrected chi connectivity index (χ2v) is 51.5. The van der Waals surface area contributed by atoms with Crippen LogP contribution in [0.3, 0.4) is 0 Å². The van der Waals surface area contributed by atoms with Crippen LogP contribution in [0.4, 0.5) is 21.2 Å². The molecule has 2 N–H and O–H groups in total. The minimum absolute atomic E-state index is 0. The van der Waals surface area contributed by atoms with Crippen LogP contribution in [-0.2, 0) is 57.6 Å². The minimum Gasteiger partial charge on any atom is -0.491 e. The monoisotopic (exact) mass is 2060 g/mol. The van der Waals surface area contributed by atoms with E-state index in [1.54, 1.807) is 74.4 Å². The van der Waals surface area contributed by atoms with Gasteiger partial charge in [-0.25, -0.2) is 69.4 Å². The Morgan fingerprint density at radius 2 is 0.823 bits per heavy atom. The lowest BCUT2D eigenvalue weighted by Crippen LogP contribution is -2.49. The van der Waals surface area contributed by atoms with E-state index >= 15 is 0 Å². The van der Waals surface area contributed by atoms with Crippen molar-refractivity contribution in [2.24, 2.45) is 0 Å². The fourth-order valence-corrected chi connectivity index (χ4v) is 18.8. The van der Waals surface area contributed by atoms with E-state index in [9.17, 15) is 14.7 Å². The second-order valence-electron chi connectivity index (χ2n) is 40.4. The highest BCUT2D eigenvalue weighted by atomic mass is 35.5. The van der Waals surface area contributed by atoms with E-state index in [-0.39, 0.29) is 48.8 Å². The number of fused-ring (bicyclic) bond motifs is 3. The first-order chi connectivity index (χ1) is 65.8. The maximum Gasteiger partial charge on any atom is 0.410 e. The zero-order valence-electron chi connectivity index (χ0n) is 85.8. The number of nitrogens with zero attached hydrogens (tertiary/aromatic N) is 19. The van der Waals surface area contributed by atoms with Crippen LogP contribution < -0.4 is 29.3 Å². The molecule has 0 aliphatic carbocycles. The zero-order valence-corrected chi connectivity index (χ0v) is 91.7. The van der Waals surface area contributed by atoms with E-state index in [0.29, 0.717) is 151 Å². The number of carbonyl (C=O) groups is 2. The van der Waals surface area contributed by atoms with Gasteiger partial charge in [0, 0.05) is 109 Å². The number of carbonyl (C=O) groups excluding carboxylic acids is 2. The number of aromatic nitrogens is 15. The van der Waals surface area contributed by atoms with Gasteiger partial charge >= 0.3 is 12.2 Å². The average molecular weight is 2070 g/mol. The van der Waals surface area contributed by atoms with Gasteiger partial charge in [-0.05, 0) is 201 Å². The molecule has 0 saturated carbocycles. The van der Waals surface area contributed by atoms with E-state index in [4.69, 9.17) is 117 Å². The summed E-state index contributed by atoms with van der Waals surface area (Å²) in [6, 6.07) is 16.1. The topological polar surface area (TPSA) is 377 Å². The number of aliphatic hydroxyl groups is 1. The second kappa shape index (κ2) is 46.2. The molecule has 3 atom stereocenters. The predicted molar refractivity (Wildman–Crippen MR) is 554 cm³/mol. The SMILES string of the molecule is CCC[C@@H](O)COc1ccc(Cl)c(-c2nc(-c3c(C)noc3C)c(C)c(N3Cc4cncnc4C3)n2)c1.Cc1noc(C)c1-c1nc(-c2cc(OC[C@@H](CN(C)C(=O)OC(C)(C)C)O[Si](C)(C)C(C)(C)C)ccc2Cl)nc(Cl)c1C.Cc1noc(C)c1-c1nc(-c2cc(OC[C@@H](CN(C)C(=O)OC(C)(C)C)O[Si](C)(C)C(C)(C)C)ccc2Cl)nc(N2Cc3cncnc3C2)c1C.Cl.c1ncc2c(n1)CNC2. The molecule has 9 aromatic heterocycles. The van der Waals surface area contributed by atoms with Gasteiger partial charge in [0.2, 0.25) is 0 Å². The lowest BCUT2D eigenvalue weighted by Gasteiger charge is -2.40. The number of aryl methyl sites for hydroxylation is 6. The van der Waals surface area contributed by atoms with Gasteiger partial charge in [-0.1, -0.05) is 117 Å². The predicted octanol–water partition coefficient (Wildman–Crippen LogP) is 22.7. The van der Waals surface area contributed by atoms with E-state index in [1.165, 1.54) is 10.5 Å². The number of aliphatic hydroxyl groups excluding tert-OH is 1. The maximum atomic E-state index is 12.9. The van der Waals surface area contributed by atoms with Crippen molar-refractivity contribution in [1.82, 2.24) is 90.4 Å². The van der Waals surface area contributed by atoms with E-state index in [2.05, 4.69) is 133 Å². The summed E-state index contributed by atoms with van der Waals surface area (Å²) in [7, 11) is -1.04. The minimum atomic E-state index is -2.24. The van der Waals surface area contributed by atoms with Crippen LogP contribution in [0, 0.1) is 62.3 Å². The van der Waals surface area contributed by atoms with Crippen LogP contribution in [0.15, 0.2) is 106 Å². The van der Waals surface area contributed by atoms with Crippen molar-refractivity contribution >= 4 is 99.3 Å². The molecule has 3 aliphatic rings. The molecular weight excluding hydrogens is 1930 g/mol. The molecule has 12 heterocycles. The lowest BCUT2D eigenvalue weighted by molar-refractivity contribution is 0.0166. The van der Waals surface area contributed by atoms with Crippen molar-refractivity contribution in [2.75, 3.05) is 56.8 Å². The Hall–Kier alpha value is -11.0. The number of rotatable bonds is 27. The molecule has 141 heavy (non-hydrogen) atoms. The Bertz CT molecular complexity index is 6290. The summed E-state index contributed by atoms with van der Waals surface area (Å²) >= 11 is 26.7. The zero-order chi connectivity index (χ0) is 102. The number of hydrogen-bond donors (Lipinski definition) is 2. The molecule has 2 amide bonds. The fourth-order valence-electron chi connectivity index (χ4n) is 15.3. The molecule has 0 fully saturated rings. The fraction of sp³-hybridized carbons (Fsp3) is 0.475. The summed E-state index contributed by atoms with van der Waals surface area (Å²) in [4.78, 5) is 87.8. The van der Waals surface area contributed by atoms with Crippen LogP contribution in [0.5, 0.6) is 17.2 Å². The Morgan fingerprint density at radius 1 is 0.475 bits per heavy atom. The van der Waals surface area contributed by atoms with Gasteiger partial charge in [-0.2, -0.15) is 0 Å². The summed E-state index contributed by atoms with van der Waals surface area (Å²) in [5.41, 5.74) is 16.2. The third-order valence-corrected chi connectivity index (χ3v) is 35.2. The first-order valence-electron chi connectivity index (χ1n) is 46.6. The Kier molecular flexibility index (Phi) is 36.2. The van der Waals surface area contributed by atoms with Gasteiger partial charge in [-0.15, -0.1) is 12.4 Å². The Labute approximate surface area is 854 Å². The molecule has 0 unspecified atom stereocenters. The summed E-state index contributed by atoms with van der Waals surface area (Å²) < 4.78 is 59.6. The number of likely N-dealkylation sites (N-methyl/N-ethyl adjacent to an activating group) is 2. The van der Waals surface area contributed by atoms with Gasteiger partial charge in [0.25, 0.3) is 0 Å². The largest absolute Gasteiger partial charge is 0.491 e. The summed E-state index contributed by atoms with van der Waals surface area (Å²) in [5, 5.41) is 27.3. The number of hydrogen-bond acceptors (Lipinski definition) is 31. The number of ether oxygens (including phenoxy) is 5. The standard InChI is InChI=1S/C37H50ClN7O5Si.C31H44Cl2N4O5Si.C27H29ClN6O3.C6H7N3.ClH/c1-22-32(31-23(2)43-49-24(31)3)41-33(42-34(22)45-17-25-16-39-21-40-30(25)19-45)28-15-26(13-14-29(28)38)47-20-27(50-51(11,12)37(7,8)9)18-44(10)35(46)48-36(4,5)6;1-18-26(25-19(2)36-41-20(25)3)34-28(35-27(18)33)23-15-21(13-14-24(23)32)39-17-22(42-43(11,12)31(7,8)9)16-37(10)29(38)40-30(4,5)6;1-5-6-19(35)13-36-20-7-8-22(28)21(9-20)26-31-25(24-16(3)33-37-17(24)4)15(2)27(32-26)34-11-18-10-29-14-30-23(18)12-34;1-5-2-8-4-9-6(5)3-7-1;/h13-16,21,27H,17-20H2,1-12H3;13-15,22H,16-17H2,1-12H3;7-10,14,19,35H,5-6,11-13H2,1-4H3;2,4,7H,1,3H2;1H/t27-;22-;19-;;/m111../s1. The van der Waals surface area contributed by atoms with Crippen LogP contribution in [-0.4, -0.2) is 196 Å². The molecule has 0 bridgehead atoms. The normalized spacial score (nSPS) is 13.7. The third-order valence-electron chi connectivity index (χ3n) is 24.8. The van der Waals surface area contributed by atoms with Gasteiger partial charge in [0.1, 0.15) is 101 Å². The summed E-state index contributed by atoms with van der Waals surface area (Å²) in [6.45, 7) is 57.4. The molecule has 15 rings (SSSR count). The number of benzene rings is 3. The van der Waals surface area contributed by atoms with Crippen molar-refractivity contribution < 1.29 is 60.8 Å². The van der Waals surface area contributed by atoms with Crippen molar-refractivity contribution in [1.29, 1.82) is 0 Å². The van der Waals surface area contributed by atoms with Crippen molar-refractivity contribution in [3.05, 3.63) is 197 Å². The van der Waals surface area contributed by atoms with Gasteiger partial charge in [-0.3, -0.25) is 0 Å². The maximum absolute atomic E-state index is 12.9. The van der Waals surface area contributed by atoms with Crippen molar-refractivity contribution in [2.45, 2.75) is 270 Å².